The van der Waals surface area contributed by atoms with Crippen molar-refractivity contribution in [2.45, 2.75) is 19.4 Å². The Hall–Kier alpha value is -1.46. The minimum absolute atomic E-state index is 0.188. The summed E-state index contributed by atoms with van der Waals surface area (Å²) in [7, 11) is 4.05. The molecule has 22 heavy (non-hydrogen) atoms. The molecule has 1 aliphatic rings. The van der Waals surface area contributed by atoms with Crippen LogP contribution >= 0.6 is 0 Å². The monoisotopic (exact) mass is 307 g/mol. The molecule has 4 nitrogen and oxygen atoms in total. The van der Waals surface area contributed by atoms with Crippen LogP contribution in [0.1, 0.15) is 18.4 Å². The number of benzene rings is 1. The Kier molecular flexibility index (Phi) is 6.34. The lowest BCUT2D eigenvalue weighted by Crippen LogP contribution is -2.48. The molecule has 0 saturated carbocycles. The fraction of sp³-hybridized carbons (Fsp3) is 0.588. The van der Waals surface area contributed by atoms with Crippen LogP contribution in [0.4, 0.5) is 4.39 Å². The zero-order chi connectivity index (χ0) is 15.9. The number of amides is 1. The van der Waals surface area contributed by atoms with Crippen molar-refractivity contribution in [1.82, 2.24) is 14.7 Å². The maximum absolute atomic E-state index is 13.2. The number of halogens is 1. The summed E-state index contributed by atoms with van der Waals surface area (Å²) in [6.07, 6.45) is 1.54. The van der Waals surface area contributed by atoms with Crippen LogP contribution in [0, 0.1) is 5.82 Å². The van der Waals surface area contributed by atoms with Crippen LogP contribution in [-0.4, -0.2) is 67.4 Å². The zero-order valence-corrected chi connectivity index (χ0v) is 13.6. The minimum Gasteiger partial charge on any atom is -0.340 e. The second-order valence-electron chi connectivity index (χ2n) is 6.19. The smallest absolute Gasteiger partial charge is 0.222 e. The molecule has 2 rings (SSSR count). The van der Waals surface area contributed by atoms with Crippen LogP contribution in [0.25, 0.3) is 0 Å². The van der Waals surface area contributed by atoms with Gasteiger partial charge in [0.15, 0.2) is 0 Å². The highest BCUT2D eigenvalue weighted by molar-refractivity contribution is 5.76. The van der Waals surface area contributed by atoms with Crippen molar-refractivity contribution in [3.8, 4) is 0 Å². The fourth-order valence-electron chi connectivity index (χ4n) is 2.75. The second kappa shape index (κ2) is 8.25. The van der Waals surface area contributed by atoms with Gasteiger partial charge in [0.05, 0.1) is 0 Å². The summed E-state index contributed by atoms with van der Waals surface area (Å²) in [5, 5.41) is 0. The summed E-state index contributed by atoms with van der Waals surface area (Å²) in [6, 6.07) is 6.74. The molecule has 0 unspecified atom stereocenters. The van der Waals surface area contributed by atoms with Gasteiger partial charge in [0, 0.05) is 39.1 Å². The fourth-order valence-corrected chi connectivity index (χ4v) is 2.75. The van der Waals surface area contributed by atoms with Crippen molar-refractivity contribution < 1.29 is 9.18 Å². The number of carbonyl (C=O) groups is 1. The van der Waals surface area contributed by atoms with Crippen LogP contribution in [0.3, 0.4) is 0 Å². The second-order valence-corrected chi connectivity index (χ2v) is 6.19. The van der Waals surface area contributed by atoms with Crippen LogP contribution < -0.4 is 0 Å². The zero-order valence-electron chi connectivity index (χ0n) is 13.6. The van der Waals surface area contributed by atoms with Gasteiger partial charge in [-0.25, -0.2) is 4.39 Å². The first-order chi connectivity index (χ1) is 10.5. The highest BCUT2D eigenvalue weighted by atomic mass is 19.1. The van der Waals surface area contributed by atoms with Crippen molar-refractivity contribution in [3.63, 3.8) is 0 Å². The van der Waals surface area contributed by atoms with Crippen LogP contribution in [0.15, 0.2) is 24.3 Å². The Morgan fingerprint density at radius 2 is 1.95 bits per heavy atom. The lowest BCUT2D eigenvalue weighted by Gasteiger charge is -2.35. The van der Waals surface area contributed by atoms with Crippen molar-refractivity contribution in [2.75, 3.05) is 46.8 Å². The maximum atomic E-state index is 13.2. The average molecular weight is 307 g/mol. The van der Waals surface area contributed by atoms with E-state index in [1.807, 2.05) is 25.1 Å². The van der Waals surface area contributed by atoms with Gasteiger partial charge in [0.1, 0.15) is 5.82 Å². The van der Waals surface area contributed by atoms with E-state index in [1.54, 1.807) is 12.1 Å². The molecule has 5 heteroatoms. The van der Waals surface area contributed by atoms with E-state index in [0.717, 1.165) is 51.3 Å². The number of rotatable bonds is 6. The standard InChI is InChI=1S/C17H26FN3O/c1-19(2)8-4-7-17(22)21-11-9-20(10-12-21)14-15-5-3-6-16(18)13-15/h3,5-6,13H,4,7-12,14H2,1-2H3. The van der Waals surface area contributed by atoms with E-state index in [2.05, 4.69) is 9.80 Å². The summed E-state index contributed by atoms with van der Waals surface area (Å²) >= 11 is 0. The number of piperazine rings is 1. The average Bonchev–Trinajstić information content (AvgIpc) is 2.47. The van der Waals surface area contributed by atoms with Crippen LogP contribution in [0.2, 0.25) is 0 Å². The van der Waals surface area contributed by atoms with E-state index >= 15 is 0 Å². The Bertz CT molecular complexity index is 485. The predicted molar refractivity (Wildman–Crippen MR) is 86.0 cm³/mol. The molecule has 0 aliphatic carbocycles. The van der Waals surface area contributed by atoms with Gasteiger partial charge in [-0.05, 0) is 44.8 Å². The Morgan fingerprint density at radius 1 is 1.23 bits per heavy atom. The van der Waals surface area contributed by atoms with Gasteiger partial charge in [0.2, 0.25) is 5.91 Å². The molecule has 1 saturated heterocycles. The van der Waals surface area contributed by atoms with E-state index in [0.29, 0.717) is 6.42 Å². The third-order valence-corrected chi connectivity index (χ3v) is 4.02. The predicted octanol–water partition coefficient (Wildman–Crippen LogP) is 1.81. The first kappa shape index (κ1) is 16.9. The van der Waals surface area contributed by atoms with E-state index < -0.39 is 0 Å². The summed E-state index contributed by atoms with van der Waals surface area (Å²) in [6.45, 7) is 4.96. The molecular weight excluding hydrogens is 281 g/mol. The van der Waals surface area contributed by atoms with Crippen LogP contribution in [0.5, 0.6) is 0 Å². The van der Waals surface area contributed by atoms with Gasteiger partial charge >= 0.3 is 0 Å². The molecule has 0 atom stereocenters. The van der Waals surface area contributed by atoms with Crippen LogP contribution in [-0.2, 0) is 11.3 Å². The van der Waals surface area contributed by atoms with E-state index in [9.17, 15) is 9.18 Å². The highest BCUT2D eigenvalue weighted by Gasteiger charge is 2.20. The van der Waals surface area contributed by atoms with Crippen molar-refractivity contribution in [1.29, 1.82) is 0 Å². The maximum Gasteiger partial charge on any atom is 0.222 e. The molecule has 1 fully saturated rings. The molecule has 1 amide bonds. The Balaban J connectivity index is 1.72. The van der Waals surface area contributed by atoms with Gasteiger partial charge in [-0.3, -0.25) is 9.69 Å². The first-order valence-electron chi connectivity index (χ1n) is 7.94. The topological polar surface area (TPSA) is 26.8 Å². The van der Waals surface area contributed by atoms with E-state index in [1.165, 1.54) is 6.07 Å². The van der Waals surface area contributed by atoms with Gasteiger partial charge in [-0.2, -0.15) is 0 Å². The van der Waals surface area contributed by atoms with E-state index in [-0.39, 0.29) is 11.7 Å². The summed E-state index contributed by atoms with van der Waals surface area (Å²) in [5.41, 5.74) is 0.991. The minimum atomic E-state index is -0.188. The third kappa shape index (κ3) is 5.39. The molecular formula is C17H26FN3O. The molecule has 0 spiro atoms. The normalized spacial score (nSPS) is 16.3. The number of carbonyl (C=O) groups excluding carboxylic acids is 1. The number of hydrogen-bond acceptors (Lipinski definition) is 3. The summed E-state index contributed by atoms with van der Waals surface area (Å²) in [4.78, 5) is 18.5. The van der Waals surface area contributed by atoms with Crippen molar-refractivity contribution in [2.24, 2.45) is 0 Å². The molecule has 1 aromatic rings. The number of nitrogens with zero attached hydrogens (tertiary/aromatic N) is 3. The Labute approximate surface area is 132 Å². The van der Waals surface area contributed by atoms with Crippen molar-refractivity contribution in [3.05, 3.63) is 35.6 Å². The SMILES string of the molecule is CN(C)CCCC(=O)N1CCN(Cc2cccc(F)c2)CC1. The molecule has 0 bridgehead atoms. The van der Waals surface area contributed by atoms with Gasteiger partial charge in [-0.1, -0.05) is 12.1 Å². The van der Waals surface area contributed by atoms with Gasteiger partial charge in [0.25, 0.3) is 0 Å². The first-order valence-corrected chi connectivity index (χ1v) is 7.94. The van der Waals surface area contributed by atoms with Gasteiger partial charge in [-0.15, -0.1) is 0 Å². The van der Waals surface area contributed by atoms with Gasteiger partial charge < -0.3 is 9.80 Å². The van der Waals surface area contributed by atoms with E-state index in [4.69, 9.17) is 0 Å². The highest BCUT2D eigenvalue weighted by Crippen LogP contribution is 2.11. The lowest BCUT2D eigenvalue weighted by molar-refractivity contribution is -0.133. The molecule has 1 aromatic carbocycles. The number of hydrogen-bond donors (Lipinski definition) is 0. The van der Waals surface area contributed by atoms with Crippen molar-refractivity contribution >= 4 is 5.91 Å². The Morgan fingerprint density at radius 3 is 2.59 bits per heavy atom. The quantitative estimate of drug-likeness (QED) is 0.802. The molecule has 0 aromatic heterocycles. The molecule has 0 radical (unpaired) electrons. The summed E-state index contributed by atoms with van der Waals surface area (Å²) in [5.74, 6) is 0.0689. The molecule has 1 aliphatic heterocycles. The molecule has 122 valence electrons. The lowest BCUT2D eigenvalue weighted by atomic mass is 10.2. The molecule has 1 heterocycles. The third-order valence-electron chi connectivity index (χ3n) is 4.02. The largest absolute Gasteiger partial charge is 0.340 e. The molecule has 0 N–H and O–H groups in total. The summed E-state index contributed by atoms with van der Waals surface area (Å²) < 4.78 is 13.2.